The van der Waals surface area contributed by atoms with E-state index in [4.69, 9.17) is 12.2 Å². The Morgan fingerprint density at radius 3 is 2.69 bits per heavy atom. The first-order valence-electron chi connectivity index (χ1n) is 4.87. The molecule has 0 aliphatic heterocycles. The monoisotopic (exact) mass is 199 g/mol. The van der Waals surface area contributed by atoms with Crippen molar-refractivity contribution >= 4 is 11.8 Å². The molecule has 0 radical (unpaired) electrons. The number of thioether (sulfide) groups is 1. The Bertz CT molecular complexity index is 337. The molecule has 2 nitrogen and oxygen atoms in total. The van der Waals surface area contributed by atoms with Crippen molar-refractivity contribution in [3.05, 3.63) is 18.2 Å². The van der Waals surface area contributed by atoms with Crippen LogP contribution in [0.2, 0.25) is 0 Å². The Kier molecular flexibility index (Phi) is 2.92. The van der Waals surface area contributed by atoms with Crippen LogP contribution in [0.3, 0.4) is 0 Å². The van der Waals surface area contributed by atoms with Gasteiger partial charge in [-0.1, -0.05) is 6.92 Å². The number of methoxy groups -OCH3 is 2. The fraction of sp³-hybridized carbons (Fsp3) is 0.400. The van der Waals surface area contributed by atoms with Crippen LogP contribution in [0.25, 0.3) is 0 Å². The summed E-state index contributed by atoms with van der Waals surface area (Å²) in [6.45, 7) is 1.52. The van der Waals surface area contributed by atoms with E-state index in [2.05, 4.69) is 0 Å². The van der Waals surface area contributed by atoms with Crippen molar-refractivity contribution < 1.29 is 12.2 Å². The quantitative estimate of drug-likeness (QED) is 0.695. The van der Waals surface area contributed by atoms with E-state index < -0.39 is 5.70 Å². The van der Waals surface area contributed by atoms with Gasteiger partial charge in [-0.2, -0.15) is 0 Å². The van der Waals surface area contributed by atoms with Crippen LogP contribution in [-0.2, 0) is 0 Å². The van der Waals surface area contributed by atoms with Crippen molar-refractivity contribution in [2.75, 3.05) is 19.9 Å². The van der Waals surface area contributed by atoms with Crippen molar-refractivity contribution in [3.63, 3.8) is 0 Å². The third kappa shape index (κ3) is 2.56. The predicted molar refractivity (Wildman–Crippen MR) is 55.9 cm³/mol. The lowest BCUT2D eigenvalue weighted by Crippen LogP contribution is -1.90. The molecule has 0 saturated carbocycles. The minimum atomic E-state index is -1.29. The van der Waals surface area contributed by atoms with Gasteiger partial charge in [0.15, 0.2) is 11.5 Å². The summed E-state index contributed by atoms with van der Waals surface area (Å²) in [6, 6.07) is 5.35. The second-order valence-electron chi connectivity index (χ2n) is 2.32. The van der Waals surface area contributed by atoms with Crippen LogP contribution in [-0.4, -0.2) is 19.9 Å². The van der Waals surface area contributed by atoms with Crippen molar-refractivity contribution in [2.45, 2.75) is 11.8 Å². The van der Waals surface area contributed by atoms with Crippen molar-refractivity contribution in [3.8, 4) is 11.5 Å². The number of ether oxygens (including phenoxy) is 2. The smallest absolute Gasteiger partial charge is 0.161 e. The number of hydrogen-bond donors (Lipinski definition) is 0. The van der Waals surface area contributed by atoms with Crippen molar-refractivity contribution in [1.29, 1.82) is 0 Å². The largest absolute Gasteiger partial charge is 0.493 e. The van der Waals surface area contributed by atoms with E-state index in [0.29, 0.717) is 11.5 Å². The van der Waals surface area contributed by atoms with E-state index >= 15 is 0 Å². The van der Waals surface area contributed by atoms with E-state index in [-0.39, 0.29) is 0 Å². The van der Waals surface area contributed by atoms with Gasteiger partial charge in [0.25, 0.3) is 0 Å². The maximum absolute atomic E-state index is 7.45. The second kappa shape index (κ2) is 5.02. The molecule has 72 valence electrons. The number of rotatable bonds is 4. The van der Waals surface area contributed by atoms with Gasteiger partial charge >= 0.3 is 0 Å². The Morgan fingerprint density at radius 2 is 2.15 bits per heavy atom. The van der Waals surface area contributed by atoms with Crippen LogP contribution in [0.1, 0.15) is 9.67 Å². The molecule has 0 fully saturated rings. The minimum absolute atomic E-state index is 0.617. The zero-order valence-corrected chi connectivity index (χ0v) is 8.77. The summed E-state index contributed by atoms with van der Waals surface area (Å²) in [5.41, 5.74) is -1.29. The number of benzene rings is 1. The van der Waals surface area contributed by atoms with Crippen molar-refractivity contribution in [2.24, 2.45) is 0 Å². The molecule has 0 amide bonds. The summed E-state index contributed by atoms with van der Waals surface area (Å²) in [6.07, 6.45) is 0. The summed E-state index contributed by atoms with van der Waals surface area (Å²) >= 11 is 1.15. The van der Waals surface area contributed by atoms with Gasteiger partial charge in [-0.05, 0) is 23.9 Å². The lowest BCUT2D eigenvalue weighted by molar-refractivity contribution is 0.354. The minimum Gasteiger partial charge on any atom is -0.493 e. The fourth-order valence-electron chi connectivity index (χ4n) is 0.998. The van der Waals surface area contributed by atoms with Gasteiger partial charge in [-0.15, -0.1) is 11.8 Å². The van der Waals surface area contributed by atoms with Gasteiger partial charge in [0.05, 0.1) is 14.2 Å². The van der Waals surface area contributed by atoms with Gasteiger partial charge in [0.1, 0.15) is 0 Å². The van der Waals surface area contributed by atoms with Crippen LogP contribution < -0.4 is 9.47 Å². The normalized spacial score (nSPS) is 16.8. The molecule has 0 heterocycles. The average Bonchev–Trinajstić information content (AvgIpc) is 2.15. The average molecular weight is 199 g/mol. The third-order valence-electron chi connectivity index (χ3n) is 1.57. The highest BCUT2D eigenvalue weighted by Crippen LogP contribution is 2.31. The molecule has 1 rings (SSSR count). The predicted octanol–water partition coefficient (Wildman–Crippen LogP) is 2.82. The molecule has 1 aromatic rings. The molecule has 0 aliphatic rings. The highest BCUT2D eigenvalue weighted by Gasteiger charge is 2.03. The second-order valence-corrected chi connectivity index (χ2v) is 3.41. The first-order chi connectivity index (χ1) is 6.96. The summed E-state index contributed by atoms with van der Waals surface area (Å²) in [4.78, 5) is 0.820. The summed E-state index contributed by atoms with van der Waals surface area (Å²) in [5.74, 6) is 1.27. The molecular formula is C10H14O2S. The van der Waals surface area contributed by atoms with Crippen LogP contribution in [0.5, 0.6) is 11.5 Å². The summed E-state index contributed by atoms with van der Waals surface area (Å²) in [5, 5.41) is 0. The summed E-state index contributed by atoms with van der Waals surface area (Å²) < 4.78 is 25.1. The fourth-order valence-corrected chi connectivity index (χ4v) is 1.54. The molecule has 0 aromatic heterocycles. The molecule has 0 bridgehead atoms. The first kappa shape index (κ1) is 7.56. The van der Waals surface area contributed by atoms with E-state index in [1.54, 1.807) is 26.4 Å². The van der Waals surface area contributed by atoms with Gasteiger partial charge < -0.3 is 9.47 Å². The van der Waals surface area contributed by atoms with E-state index in [0.717, 1.165) is 16.7 Å². The van der Waals surface area contributed by atoms with Crippen LogP contribution in [0, 0.1) is 0 Å². The molecule has 0 saturated heterocycles. The Morgan fingerprint density at radius 1 is 1.46 bits per heavy atom. The maximum atomic E-state index is 7.45. The van der Waals surface area contributed by atoms with E-state index in [1.165, 1.54) is 6.92 Å². The van der Waals surface area contributed by atoms with Gasteiger partial charge in [-0.3, -0.25) is 0 Å². The molecule has 13 heavy (non-hydrogen) atoms. The molecule has 1 atom stereocenters. The lowest BCUT2D eigenvalue weighted by atomic mass is 10.3. The van der Waals surface area contributed by atoms with Crippen LogP contribution in [0.15, 0.2) is 23.1 Å². The topological polar surface area (TPSA) is 18.5 Å². The molecule has 1 aromatic carbocycles. The Hall–Kier alpha value is -0.830. The maximum Gasteiger partial charge on any atom is 0.161 e. The summed E-state index contributed by atoms with van der Waals surface area (Å²) in [7, 11) is 3.14. The standard InChI is InChI=1S/C10H14O2S/c1-4-13-8-5-6-9(11-2)10(7-8)12-3/h5-7H,4H2,1-3H3/i4DH. The Labute approximate surface area is 86.1 Å². The zero-order chi connectivity index (χ0) is 11.5. The molecule has 1 unspecified atom stereocenters. The SMILES string of the molecule is [1H]C([2H])(C)Sc1ccc(OC)c(OC)c1. The highest BCUT2D eigenvalue weighted by atomic mass is 32.2. The van der Waals surface area contributed by atoms with Gasteiger partial charge in [-0.25, -0.2) is 0 Å². The van der Waals surface area contributed by atoms with E-state index in [9.17, 15) is 0 Å². The highest BCUT2D eigenvalue weighted by molar-refractivity contribution is 7.99. The lowest BCUT2D eigenvalue weighted by Gasteiger charge is -2.08. The van der Waals surface area contributed by atoms with E-state index in [1.807, 2.05) is 6.07 Å². The molecular weight excluding hydrogens is 184 g/mol. The van der Waals surface area contributed by atoms with Gasteiger partial charge in [0.2, 0.25) is 0 Å². The Balaban J connectivity index is 2.93. The van der Waals surface area contributed by atoms with Crippen LogP contribution >= 0.6 is 11.8 Å². The molecule has 0 N–H and O–H groups in total. The van der Waals surface area contributed by atoms with Crippen LogP contribution in [0.4, 0.5) is 0 Å². The van der Waals surface area contributed by atoms with Crippen molar-refractivity contribution in [1.82, 2.24) is 0 Å². The molecule has 0 spiro atoms. The molecule has 0 aliphatic carbocycles. The number of hydrogen-bond acceptors (Lipinski definition) is 3. The third-order valence-corrected chi connectivity index (χ3v) is 2.27. The van der Waals surface area contributed by atoms with Gasteiger partial charge in [0, 0.05) is 7.64 Å². The first-order valence-corrected chi connectivity index (χ1v) is 4.69. The molecule has 3 heteroatoms. The zero-order valence-electron chi connectivity index (χ0n) is 9.96.